The van der Waals surface area contributed by atoms with E-state index in [-0.39, 0.29) is 25.1 Å². The van der Waals surface area contributed by atoms with Crippen molar-refractivity contribution in [1.29, 1.82) is 0 Å². The maximum absolute atomic E-state index is 14.4. The summed E-state index contributed by atoms with van der Waals surface area (Å²) in [4.78, 5) is 36.6. The molecule has 3 rings (SSSR count). The second-order valence-corrected chi connectivity index (χ2v) is 7.48. The van der Waals surface area contributed by atoms with E-state index < -0.39 is 23.5 Å². The van der Waals surface area contributed by atoms with Gasteiger partial charge in [0.25, 0.3) is 11.8 Å². The van der Waals surface area contributed by atoms with E-state index in [2.05, 4.69) is 10.6 Å². The number of benzene rings is 2. The van der Waals surface area contributed by atoms with Gasteiger partial charge in [-0.3, -0.25) is 14.4 Å². The molecule has 9 heteroatoms. The second-order valence-electron chi connectivity index (χ2n) is 6.43. The Labute approximate surface area is 176 Å². The van der Waals surface area contributed by atoms with Gasteiger partial charge in [0, 0.05) is 35.7 Å². The van der Waals surface area contributed by atoms with Crippen LogP contribution in [0.3, 0.4) is 0 Å². The van der Waals surface area contributed by atoms with E-state index in [0.29, 0.717) is 26.2 Å². The van der Waals surface area contributed by atoms with Crippen LogP contribution in [0.25, 0.3) is 10.1 Å². The van der Waals surface area contributed by atoms with Crippen LogP contribution in [0.1, 0.15) is 32.0 Å². The number of nitrogens with two attached hydrogens (primary N) is 1. The number of rotatable bonds is 8. The van der Waals surface area contributed by atoms with Gasteiger partial charge in [-0.1, -0.05) is 18.2 Å². The van der Waals surface area contributed by atoms with E-state index in [0.717, 1.165) is 11.3 Å². The maximum Gasteiger partial charge on any atom is 0.266 e. The highest BCUT2D eigenvalue weighted by Crippen LogP contribution is 2.34. The van der Waals surface area contributed by atoms with E-state index in [9.17, 15) is 18.8 Å². The number of halogens is 1. The number of nitrogens with one attached hydrogen (secondary N) is 2. The van der Waals surface area contributed by atoms with Crippen LogP contribution >= 0.6 is 11.3 Å². The average Bonchev–Trinajstić information content (AvgIpc) is 3.08. The topological polar surface area (TPSA) is 111 Å². The lowest BCUT2D eigenvalue weighted by molar-refractivity contribution is -0.117. The summed E-state index contributed by atoms with van der Waals surface area (Å²) < 4.78 is 20.2. The van der Waals surface area contributed by atoms with Crippen LogP contribution in [-0.2, 0) is 16.1 Å². The summed E-state index contributed by atoms with van der Waals surface area (Å²) in [6.45, 7) is 0.156. The highest BCUT2D eigenvalue weighted by atomic mass is 32.1. The monoisotopic (exact) mass is 429 g/mol. The number of thiophene rings is 1. The summed E-state index contributed by atoms with van der Waals surface area (Å²) in [6.07, 6.45) is 0.00793. The van der Waals surface area contributed by atoms with E-state index in [1.165, 1.54) is 13.2 Å². The van der Waals surface area contributed by atoms with E-state index in [1.807, 2.05) is 0 Å². The Balaban J connectivity index is 1.88. The Bertz CT molecular complexity index is 1110. The van der Waals surface area contributed by atoms with Crippen molar-refractivity contribution in [2.45, 2.75) is 13.0 Å². The highest BCUT2D eigenvalue weighted by molar-refractivity contribution is 7.21. The first-order valence-corrected chi connectivity index (χ1v) is 9.89. The molecule has 0 aliphatic heterocycles. The lowest BCUT2D eigenvalue weighted by Crippen LogP contribution is -2.28. The normalized spacial score (nSPS) is 10.7. The van der Waals surface area contributed by atoms with Crippen LogP contribution in [-0.4, -0.2) is 31.4 Å². The van der Waals surface area contributed by atoms with Crippen molar-refractivity contribution in [2.75, 3.05) is 19.0 Å². The predicted molar refractivity (Wildman–Crippen MR) is 113 cm³/mol. The van der Waals surface area contributed by atoms with Gasteiger partial charge >= 0.3 is 0 Å². The Morgan fingerprint density at radius 1 is 1.10 bits per heavy atom. The van der Waals surface area contributed by atoms with E-state index in [4.69, 9.17) is 10.5 Å². The summed E-state index contributed by atoms with van der Waals surface area (Å²) in [7, 11) is 1.47. The predicted octanol–water partition coefficient (Wildman–Crippen LogP) is 3.04. The number of carbonyl (C=O) groups excluding carboxylic acids is 3. The standard InChI is InChI=1S/C21H20FN3O4S/c1-29-11-13-18-14(22)6-4-8-16(18)30-19(13)21(28)25-15-7-3-2-5-12(15)20(27)24-10-9-17(23)26/h2-8H,9-11H2,1H3,(H2,23,26)(H,24,27)(H,25,28). The Morgan fingerprint density at radius 2 is 1.87 bits per heavy atom. The SMILES string of the molecule is COCc1c(C(=O)Nc2ccccc2C(=O)NCCC(N)=O)sc2cccc(F)c12. The zero-order valence-corrected chi connectivity index (χ0v) is 17.0. The number of carbonyl (C=O) groups is 3. The van der Waals surface area contributed by atoms with Gasteiger partial charge in [0.05, 0.1) is 22.7 Å². The Kier molecular flexibility index (Phi) is 6.76. The van der Waals surface area contributed by atoms with E-state index in [1.54, 1.807) is 36.4 Å². The molecule has 1 aromatic heterocycles. The molecular formula is C21H20FN3O4S. The number of anilines is 1. The average molecular weight is 429 g/mol. The van der Waals surface area contributed by atoms with Crippen LogP contribution < -0.4 is 16.4 Å². The summed E-state index contributed by atoms with van der Waals surface area (Å²) in [6, 6.07) is 11.1. The Hall–Kier alpha value is -3.30. The van der Waals surface area contributed by atoms with Crippen molar-refractivity contribution >= 4 is 44.8 Å². The van der Waals surface area contributed by atoms with Gasteiger partial charge in [0.2, 0.25) is 5.91 Å². The first kappa shape index (κ1) is 21.4. The second kappa shape index (κ2) is 9.47. The minimum atomic E-state index is -0.528. The molecule has 0 spiro atoms. The third-order valence-corrected chi connectivity index (χ3v) is 5.53. The molecule has 0 bridgehead atoms. The molecule has 0 saturated heterocycles. The zero-order chi connectivity index (χ0) is 21.7. The number of methoxy groups -OCH3 is 1. The van der Waals surface area contributed by atoms with Crippen LogP contribution in [0.5, 0.6) is 0 Å². The van der Waals surface area contributed by atoms with Gasteiger partial charge in [-0.2, -0.15) is 0 Å². The molecule has 0 fully saturated rings. The van der Waals surface area contributed by atoms with Gasteiger partial charge in [-0.25, -0.2) is 4.39 Å². The minimum absolute atomic E-state index is 0.00793. The molecule has 4 N–H and O–H groups in total. The fourth-order valence-electron chi connectivity index (χ4n) is 3.00. The number of para-hydroxylation sites is 1. The van der Waals surface area contributed by atoms with Crippen LogP contribution in [0, 0.1) is 5.82 Å². The summed E-state index contributed by atoms with van der Waals surface area (Å²) in [5.74, 6) is -1.88. The minimum Gasteiger partial charge on any atom is -0.380 e. The largest absolute Gasteiger partial charge is 0.380 e. The van der Waals surface area contributed by atoms with E-state index >= 15 is 0 Å². The molecule has 0 radical (unpaired) electrons. The summed E-state index contributed by atoms with van der Waals surface area (Å²) in [5.41, 5.74) is 6.06. The Morgan fingerprint density at radius 3 is 2.60 bits per heavy atom. The number of primary amides is 1. The van der Waals surface area contributed by atoms with Gasteiger partial charge < -0.3 is 21.1 Å². The van der Waals surface area contributed by atoms with Gasteiger partial charge in [-0.05, 0) is 24.3 Å². The molecule has 0 aliphatic carbocycles. The molecule has 0 saturated carbocycles. The van der Waals surface area contributed by atoms with Crippen molar-refractivity contribution in [3.8, 4) is 0 Å². The molecule has 0 atom stereocenters. The fourth-order valence-corrected chi connectivity index (χ4v) is 4.11. The van der Waals surface area contributed by atoms with Crippen molar-refractivity contribution < 1.29 is 23.5 Å². The fraction of sp³-hybridized carbons (Fsp3) is 0.190. The van der Waals surface area contributed by atoms with Crippen LogP contribution in [0.2, 0.25) is 0 Å². The van der Waals surface area contributed by atoms with Gasteiger partial charge in [0.15, 0.2) is 0 Å². The number of amides is 3. The van der Waals surface area contributed by atoms with Crippen LogP contribution in [0.4, 0.5) is 10.1 Å². The number of ether oxygens (including phenoxy) is 1. The molecule has 7 nitrogen and oxygen atoms in total. The first-order valence-electron chi connectivity index (χ1n) is 9.08. The maximum atomic E-state index is 14.4. The highest BCUT2D eigenvalue weighted by Gasteiger charge is 2.22. The molecule has 30 heavy (non-hydrogen) atoms. The molecule has 2 aromatic carbocycles. The molecule has 1 heterocycles. The van der Waals surface area contributed by atoms with Crippen LogP contribution in [0.15, 0.2) is 42.5 Å². The van der Waals surface area contributed by atoms with Crippen molar-refractivity contribution in [3.63, 3.8) is 0 Å². The smallest absolute Gasteiger partial charge is 0.266 e. The zero-order valence-electron chi connectivity index (χ0n) is 16.2. The molecule has 0 unspecified atom stereocenters. The lowest BCUT2D eigenvalue weighted by Gasteiger charge is -2.11. The molecule has 156 valence electrons. The van der Waals surface area contributed by atoms with Crippen molar-refractivity contribution in [1.82, 2.24) is 5.32 Å². The van der Waals surface area contributed by atoms with Crippen molar-refractivity contribution in [2.24, 2.45) is 5.73 Å². The first-order chi connectivity index (χ1) is 14.4. The number of fused-ring (bicyclic) bond motifs is 1. The molecule has 3 amide bonds. The van der Waals surface area contributed by atoms with Gasteiger partial charge in [-0.15, -0.1) is 11.3 Å². The summed E-state index contributed by atoms with van der Waals surface area (Å²) in [5, 5.41) is 5.67. The number of hydrogen-bond donors (Lipinski definition) is 3. The molecule has 0 aliphatic rings. The third-order valence-electron chi connectivity index (χ3n) is 4.34. The lowest BCUT2D eigenvalue weighted by atomic mass is 10.1. The van der Waals surface area contributed by atoms with Crippen molar-refractivity contribution in [3.05, 3.63) is 64.3 Å². The molecular weight excluding hydrogens is 409 g/mol. The quantitative estimate of drug-likeness (QED) is 0.511. The number of hydrogen-bond acceptors (Lipinski definition) is 5. The van der Waals surface area contributed by atoms with Gasteiger partial charge in [0.1, 0.15) is 5.82 Å². The molecule has 3 aromatic rings. The third kappa shape index (κ3) is 4.64. The summed E-state index contributed by atoms with van der Waals surface area (Å²) >= 11 is 1.15.